The lowest BCUT2D eigenvalue weighted by Gasteiger charge is -2.43. The molecule has 3 aromatic rings. The molecule has 5 aliphatic carbocycles. The molecule has 1 aliphatic heterocycles. The van der Waals surface area contributed by atoms with Crippen LogP contribution in [-0.4, -0.2) is 16.0 Å². The van der Waals surface area contributed by atoms with Crippen LogP contribution in [0.25, 0.3) is 22.6 Å². The highest BCUT2D eigenvalue weighted by Gasteiger charge is 2.36. The quantitative estimate of drug-likeness (QED) is 0.277. The second-order valence-electron chi connectivity index (χ2n) is 14.3. The molecule has 0 bridgehead atoms. The average Bonchev–Trinajstić information content (AvgIpc) is 3.34. The van der Waals surface area contributed by atoms with Crippen molar-refractivity contribution < 1.29 is 0 Å². The number of benzene rings is 2. The largest absolute Gasteiger partial charge is 0.347 e. The number of hydrogen-bond donors (Lipinski definition) is 0. The maximum Gasteiger partial charge on any atom is 0.0998 e. The van der Waals surface area contributed by atoms with Gasteiger partial charge >= 0.3 is 0 Å². The molecule has 2 heterocycles. The molecule has 1 aromatic heterocycles. The maximum absolute atomic E-state index is 10.5. The van der Waals surface area contributed by atoms with Gasteiger partial charge in [0, 0.05) is 75.4 Å². The Bertz CT molecular complexity index is 2480. The summed E-state index contributed by atoms with van der Waals surface area (Å²) in [7, 11) is 0. The molecule has 0 amide bonds. The van der Waals surface area contributed by atoms with Gasteiger partial charge in [0.1, 0.15) is 0 Å². The number of allylic oxidation sites excluding steroid dienone is 17. The molecule has 3 unspecified atom stereocenters. The van der Waals surface area contributed by atoms with Gasteiger partial charge in [-0.3, -0.25) is 0 Å². The van der Waals surface area contributed by atoms with Gasteiger partial charge in [-0.25, -0.2) is 0 Å². The number of hydrogen-bond acceptors (Lipinski definition) is 4. The van der Waals surface area contributed by atoms with Gasteiger partial charge in [0.25, 0.3) is 0 Å². The normalized spacial score (nSPS) is 24.4. The third-order valence-corrected chi connectivity index (χ3v) is 11.5. The zero-order valence-electron chi connectivity index (χ0n) is 28.9. The van der Waals surface area contributed by atoms with Crippen LogP contribution >= 0.6 is 0 Å². The Labute approximate surface area is 305 Å². The van der Waals surface area contributed by atoms with Crippen LogP contribution in [0.5, 0.6) is 0 Å². The van der Waals surface area contributed by atoms with Gasteiger partial charge in [-0.05, 0) is 84.4 Å². The number of nitrogens with zero attached hydrogens (tertiary/aromatic N) is 5. The van der Waals surface area contributed by atoms with E-state index < -0.39 is 0 Å². The van der Waals surface area contributed by atoms with Crippen LogP contribution in [0.15, 0.2) is 150 Å². The summed E-state index contributed by atoms with van der Waals surface area (Å²) >= 11 is 0. The number of fused-ring (bicyclic) bond motifs is 5. The minimum atomic E-state index is -0.0985. The summed E-state index contributed by atoms with van der Waals surface area (Å²) in [4.78, 5) is 2.51. The van der Waals surface area contributed by atoms with E-state index in [0.717, 1.165) is 60.9 Å². The minimum Gasteiger partial charge on any atom is -0.347 e. The maximum atomic E-state index is 10.5. The van der Waals surface area contributed by atoms with Crippen LogP contribution < -0.4 is 0 Å². The van der Waals surface area contributed by atoms with Crippen molar-refractivity contribution >= 4 is 22.6 Å². The highest BCUT2D eigenvalue weighted by molar-refractivity contribution is 5.92. The Hall–Kier alpha value is -6.35. The van der Waals surface area contributed by atoms with Gasteiger partial charge < -0.3 is 9.47 Å². The Morgan fingerprint density at radius 2 is 1.56 bits per heavy atom. The van der Waals surface area contributed by atoms with Gasteiger partial charge in [0.05, 0.1) is 29.8 Å². The Morgan fingerprint density at radius 3 is 2.44 bits per heavy atom. The van der Waals surface area contributed by atoms with E-state index >= 15 is 0 Å². The van der Waals surface area contributed by atoms with Gasteiger partial charge in [0.2, 0.25) is 0 Å². The second kappa shape index (κ2) is 13.1. The van der Waals surface area contributed by atoms with Crippen molar-refractivity contribution in [3.8, 4) is 18.2 Å². The van der Waals surface area contributed by atoms with Crippen LogP contribution in [0.3, 0.4) is 0 Å². The molecule has 250 valence electrons. The highest BCUT2D eigenvalue weighted by Crippen LogP contribution is 2.45. The van der Waals surface area contributed by atoms with Crippen molar-refractivity contribution in [1.29, 1.82) is 15.8 Å². The number of rotatable bonds is 4. The lowest BCUT2D eigenvalue weighted by Crippen LogP contribution is -2.39. The molecule has 0 N–H and O–H groups in total. The van der Waals surface area contributed by atoms with Gasteiger partial charge in [-0.1, -0.05) is 91.1 Å². The third-order valence-electron chi connectivity index (χ3n) is 11.5. The van der Waals surface area contributed by atoms with Gasteiger partial charge in [0.15, 0.2) is 0 Å². The minimum absolute atomic E-state index is 0.0444. The molecule has 9 rings (SSSR count). The zero-order valence-corrected chi connectivity index (χ0v) is 28.9. The van der Waals surface area contributed by atoms with Gasteiger partial charge in [-0.15, -0.1) is 0 Å². The molecule has 0 fully saturated rings. The highest BCUT2D eigenvalue weighted by atomic mass is 15.2. The van der Waals surface area contributed by atoms with E-state index in [9.17, 15) is 15.8 Å². The van der Waals surface area contributed by atoms with Crippen molar-refractivity contribution in [2.24, 2.45) is 11.8 Å². The van der Waals surface area contributed by atoms with Crippen molar-refractivity contribution in [3.63, 3.8) is 0 Å². The molecule has 0 spiro atoms. The van der Waals surface area contributed by atoms with Crippen molar-refractivity contribution in [1.82, 2.24) is 9.47 Å². The van der Waals surface area contributed by atoms with E-state index in [-0.39, 0.29) is 17.9 Å². The summed E-state index contributed by atoms with van der Waals surface area (Å²) < 4.78 is 2.44. The van der Waals surface area contributed by atoms with Crippen LogP contribution in [0, 0.1) is 45.8 Å². The van der Waals surface area contributed by atoms with Crippen molar-refractivity contribution in [3.05, 3.63) is 178 Å². The summed E-state index contributed by atoms with van der Waals surface area (Å²) in [6.07, 6.45) is 35.1. The van der Waals surface area contributed by atoms with Crippen LogP contribution in [0.1, 0.15) is 65.6 Å². The molecule has 0 saturated carbocycles. The lowest BCUT2D eigenvalue weighted by atomic mass is 9.75. The summed E-state index contributed by atoms with van der Waals surface area (Å²) in [5, 5.41) is 31.3. The summed E-state index contributed by atoms with van der Waals surface area (Å²) in [5.41, 5.74) is 12.7. The fraction of sp³-hybridized carbons (Fsp3) is 0.213. The SMILES string of the molecule is N#CC1=CC2C3=C(CCC=C3)N(C3=CC=C(c4ccc([C@@H]5C=CC(C#N)=CC5n5c6c(c7ccccc75)C=CCC6)cc4C#N)C=CC3)CC2C=C1. The lowest BCUT2D eigenvalue weighted by molar-refractivity contribution is 0.293. The van der Waals surface area contributed by atoms with E-state index in [4.69, 9.17) is 0 Å². The van der Waals surface area contributed by atoms with E-state index in [1.165, 1.54) is 39.1 Å². The zero-order chi connectivity index (χ0) is 35.2. The number of nitriles is 3. The van der Waals surface area contributed by atoms with Crippen LogP contribution in [0.4, 0.5) is 0 Å². The van der Waals surface area contributed by atoms with E-state index in [0.29, 0.717) is 17.1 Å². The van der Waals surface area contributed by atoms with E-state index in [1.807, 2.05) is 12.2 Å². The molecular weight excluding hydrogens is 635 g/mol. The molecule has 4 atom stereocenters. The fourth-order valence-electron chi connectivity index (χ4n) is 9.10. The monoisotopic (exact) mass is 671 g/mol. The summed E-state index contributed by atoms with van der Waals surface area (Å²) in [6.45, 7) is 0.887. The van der Waals surface area contributed by atoms with E-state index in [1.54, 1.807) is 0 Å². The standard InChI is InChI=1S/C47H37N5/c48-27-31-16-18-35-30-51(44-13-4-1-12-42(44)43(35)24-31)37-9-7-8-33(19-21-37)38-23-20-34(26-36(38)29-50)39-22-17-32(28-49)25-47(39)52-45-14-5-2-10-40(45)41-11-3-6-15-46(41)52/h1-3,5,7-8,10-12,14,16-26,35,39,43,47H,4,6,9,13,15,30H2/t35?,39-,43?,47?/m0/s1. The van der Waals surface area contributed by atoms with Crippen LogP contribution in [0.2, 0.25) is 0 Å². The Kier molecular flexibility index (Phi) is 7.95. The average molecular weight is 672 g/mol. The molecule has 5 nitrogen and oxygen atoms in total. The topological polar surface area (TPSA) is 79.5 Å². The number of para-hydroxylation sites is 1. The Morgan fingerprint density at radius 1 is 0.731 bits per heavy atom. The summed E-state index contributed by atoms with van der Waals surface area (Å²) in [6, 6.07) is 22.0. The first-order valence-corrected chi connectivity index (χ1v) is 18.3. The van der Waals surface area contributed by atoms with Crippen molar-refractivity contribution in [2.75, 3.05) is 6.54 Å². The van der Waals surface area contributed by atoms with Crippen LogP contribution in [-0.2, 0) is 6.42 Å². The Balaban J connectivity index is 1.07. The van der Waals surface area contributed by atoms with Gasteiger partial charge in [-0.2, -0.15) is 15.8 Å². The third kappa shape index (κ3) is 5.28. The second-order valence-corrected chi connectivity index (χ2v) is 14.3. The van der Waals surface area contributed by atoms with E-state index in [2.05, 4.69) is 143 Å². The first-order valence-electron chi connectivity index (χ1n) is 18.3. The molecule has 52 heavy (non-hydrogen) atoms. The fourth-order valence-corrected chi connectivity index (χ4v) is 9.10. The first kappa shape index (κ1) is 31.6. The molecule has 5 heteroatoms. The first-order chi connectivity index (χ1) is 25.6. The molecule has 0 saturated heterocycles. The summed E-state index contributed by atoms with van der Waals surface area (Å²) in [5.74, 6) is 0.513. The smallest absolute Gasteiger partial charge is 0.0998 e. The predicted molar refractivity (Wildman–Crippen MR) is 207 cm³/mol. The molecular formula is C47H37N5. The molecule has 0 radical (unpaired) electrons. The number of aromatic nitrogens is 1. The molecule has 2 aromatic carbocycles. The van der Waals surface area contributed by atoms with Crippen molar-refractivity contribution in [2.45, 2.75) is 44.1 Å². The molecule has 6 aliphatic rings. The predicted octanol–water partition coefficient (Wildman–Crippen LogP) is 10.2.